The van der Waals surface area contributed by atoms with Crippen LogP contribution in [0.15, 0.2) is 17.0 Å². The van der Waals surface area contributed by atoms with Gasteiger partial charge in [-0.15, -0.1) is 12.4 Å². The SMILES string of the molecule is Cc1cc2c(cc1S(=O)(=O)NCC1(N)CCCCCC1)OCO2.Cl. The van der Waals surface area contributed by atoms with Crippen LogP contribution in [0.1, 0.15) is 44.1 Å². The van der Waals surface area contributed by atoms with Gasteiger partial charge >= 0.3 is 0 Å². The molecule has 136 valence electrons. The molecule has 0 unspecified atom stereocenters. The van der Waals surface area contributed by atoms with E-state index < -0.39 is 15.6 Å². The molecule has 1 saturated carbocycles. The molecule has 0 atom stereocenters. The molecule has 0 spiro atoms. The van der Waals surface area contributed by atoms with E-state index in [1.807, 2.05) is 0 Å². The van der Waals surface area contributed by atoms with Crippen LogP contribution < -0.4 is 19.9 Å². The lowest BCUT2D eigenvalue weighted by atomic mass is 9.92. The summed E-state index contributed by atoms with van der Waals surface area (Å²) in [5.41, 5.74) is 6.58. The number of aryl methyl sites for hydroxylation is 1. The van der Waals surface area contributed by atoms with Crippen molar-refractivity contribution in [3.63, 3.8) is 0 Å². The number of hydrogen-bond donors (Lipinski definition) is 2. The highest BCUT2D eigenvalue weighted by Gasteiger charge is 2.29. The van der Waals surface area contributed by atoms with Crippen molar-refractivity contribution in [3.05, 3.63) is 17.7 Å². The highest BCUT2D eigenvalue weighted by Crippen LogP contribution is 2.36. The Balaban J connectivity index is 0.00000208. The third-order valence-corrected chi connectivity index (χ3v) is 6.22. The van der Waals surface area contributed by atoms with Crippen molar-refractivity contribution in [2.75, 3.05) is 13.3 Å². The molecule has 24 heavy (non-hydrogen) atoms. The second kappa shape index (κ2) is 7.47. The second-order valence-corrected chi connectivity index (χ2v) is 8.31. The number of nitrogens with two attached hydrogens (primary N) is 1. The molecule has 0 amide bonds. The Morgan fingerprint density at radius 1 is 1.12 bits per heavy atom. The van der Waals surface area contributed by atoms with Gasteiger partial charge in [-0.2, -0.15) is 0 Å². The molecule has 6 nitrogen and oxygen atoms in total. The van der Waals surface area contributed by atoms with Gasteiger partial charge in [0.2, 0.25) is 16.8 Å². The highest BCUT2D eigenvalue weighted by molar-refractivity contribution is 7.89. The standard InChI is InChI=1S/C16H24N2O4S.ClH/c1-12-8-13-14(22-11-21-13)9-15(12)23(19,20)18-10-16(17)6-4-2-3-5-7-16;/h8-9,18H,2-7,10-11,17H2,1H3;1H. The average molecular weight is 377 g/mol. The van der Waals surface area contributed by atoms with Gasteiger partial charge in [-0.05, 0) is 31.4 Å². The average Bonchev–Trinajstić information content (AvgIpc) is 2.84. The van der Waals surface area contributed by atoms with Crippen molar-refractivity contribution >= 4 is 22.4 Å². The molecule has 0 radical (unpaired) electrons. The molecule has 2 aliphatic rings. The molecule has 1 fully saturated rings. The topological polar surface area (TPSA) is 90.7 Å². The molecule has 8 heteroatoms. The summed E-state index contributed by atoms with van der Waals surface area (Å²) < 4.78 is 38.6. The minimum absolute atomic E-state index is 0. The fourth-order valence-electron chi connectivity index (χ4n) is 3.24. The van der Waals surface area contributed by atoms with Crippen LogP contribution >= 0.6 is 12.4 Å². The van der Waals surface area contributed by atoms with Crippen LogP contribution in [-0.4, -0.2) is 27.3 Å². The maximum absolute atomic E-state index is 12.7. The van der Waals surface area contributed by atoms with E-state index in [0.29, 0.717) is 17.1 Å². The van der Waals surface area contributed by atoms with E-state index >= 15 is 0 Å². The van der Waals surface area contributed by atoms with Crippen LogP contribution in [0.25, 0.3) is 0 Å². The van der Waals surface area contributed by atoms with Gasteiger partial charge < -0.3 is 15.2 Å². The third-order valence-electron chi connectivity index (χ3n) is 4.67. The van der Waals surface area contributed by atoms with Crippen LogP contribution in [0, 0.1) is 6.92 Å². The Hall–Kier alpha value is -1.02. The summed E-state index contributed by atoms with van der Waals surface area (Å²) in [6.07, 6.45) is 6.17. The minimum atomic E-state index is -3.63. The minimum Gasteiger partial charge on any atom is -0.454 e. The zero-order valence-corrected chi connectivity index (χ0v) is 15.5. The molecule has 1 aromatic rings. The van der Waals surface area contributed by atoms with Crippen molar-refractivity contribution in [2.24, 2.45) is 5.73 Å². The first-order chi connectivity index (χ1) is 10.9. The zero-order chi connectivity index (χ0) is 16.5. The van der Waals surface area contributed by atoms with E-state index in [2.05, 4.69) is 4.72 Å². The maximum Gasteiger partial charge on any atom is 0.241 e. The summed E-state index contributed by atoms with van der Waals surface area (Å²) in [4.78, 5) is 0.221. The molecule has 0 bridgehead atoms. The van der Waals surface area contributed by atoms with Crippen molar-refractivity contribution in [2.45, 2.75) is 55.9 Å². The van der Waals surface area contributed by atoms with Crippen molar-refractivity contribution in [1.29, 1.82) is 0 Å². The van der Waals surface area contributed by atoms with Crippen LogP contribution in [0.4, 0.5) is 0 Å². The molecule has 0 aromatic heterocycles. The summed E-state index contributed by atoms with van der Waals surface area (Å²) >= 11 is 0. The normalized spacial score (nSPS) is 19.4. The number of rotatable bonds is 4. The van der Waals surface area contributed by atoms with Crippen LogP contribution in [0.2, 0.25) is 0 Å². The lowest BCUT2D eigenvalue weighted by molar-refractivity contribution is 0.174. The monoisotopic (exact) mass is 376 g/mol. The summed E-state index contributed by atoms with van der Waals surface area (Å²) in [6.45, 7) is 2.14. The van der Waals surface area contributed by atoms with Gasteiger partial charge in [-0.25, -0.2) is 13.1 Å². The smallest absolute Gasteiger partial charge is 0.241 e. The molecule has 3 N–H and O–H groups in total. The number of benzene rings is 1. The Kier molecular flexibility index (Phi) is 6.01. The summed E-state index contributed by atoms with van der Waals surface area (Å²) in [7, 11) is -3.63. The number of nitrogens with one attached hydrogen (secondary N) is 1. The molecular formula is C16H25ClN2O4S. The molecule has 1 aliphatic heterocycles. The Morgan fingerprint density at radius 2 is 1.71 bits per heavy atom. The number of sulfonamides is 1. The fraction of sp³-hybridized carbons (Fsp3) is 0.625. The summed E-state index contributed by atoms with van der Waals surface area (Å²) in [5, 5.41) is 0. The molecule has 0 saturated heterocycles. The van der Waals surface area contributed by atoms with Gasteiger partial charge in [0.15, 0.2) is 11.5 Å². The quantitative estimate of drug-likeness (QED) is 0.788. The predicted octanol–water partition coefficient (Wildman–Crippen LogP) is 2.48. The van der Waals surface area contributed by atoms with Crippen molar-refractivity contribution < 1.29 is 17.9 Å². The largest absolute Gasteiger partial charge is 0.454 e. The number of fused-ring (bicyclic) bond motifs is 1. The lowest BCUT2D eigenvalue weighted by Gasteiger charge is -2.28. The zero-order valence-electron chi connectivity index (χ0n) is 13.8. The first kappa shape index (κ1) is 19.3. The van der Waals surface area contributed by atoms with Crippen molar-refractivity contribution in [3.8, 4) is 11.5 Å². The first-order valence-electron chi connectivity index (χ1n) is 8.08. The van der Waals surface area contributed by atoms with Gasteiger partial charge in [0.25, 0.3) is 0 Å². The molecule has 1 heterocycles. The molecule has 1 aromatic carbocycles. The van der Waals surface area contributed by atoms with E-state index in [4.69, 9.17) is 15.2 Å². The molecular weight excluding hydrogens is 352 g/mol. The maximum atomic E-state index is 12.7. The number of ether oxygens (including phenoxy) is 2. The summed E-state index contributed by atoms with van der Waals surface area (Å²) in [6, 6.07) is 3.22. The first-order valence-corrected chi connectivity index (χ1v) is 9.57. The van der Waals surface area contributed by atoms with Gasteiger partial charge in [-0.1, -0.05) is 25.7 Å². The molecule has 1 aliphatic carbocycles. The van der Waals surface area contributed by atoms with Crippen LogP contribution in [0.3, 0.4) is 0 Å². The van der Waals surface area contributed by atoms with Gasteiger partial charge in [0.05, 0.1) is 4.90 Å². The van der Waals surface area contributed by atoms with Crippen LogP contribution in [0.5, 0.6) is 11.5 Å². The van der Waals surface area contributed by atoms with Crippen molar-refractivity contribution in [1.82, 2.24) is 4.72 Å². The number of halogens is 1. The Morgan fingerprint density at radius 3 is 2.33 bits per heavy atom. The highest BCUT2D eigenvalue weighted by atomic mass is 35.5. The predicted molar refractivity (Wildman–Crippen MR) is 94.4 cm³/mol. The van der Waals surface area contributed by atoms with Gasteiger partial charge in [0, 0.05) is 18.2 Å². The summed E-state index contributed by atoms with van der Waals surface area (Å²) in [5.74, 6) is 1.05. The lowest BCUT2D eigenvalue weighted by Crippen LogP contribution is -2.49. The molecule has 3 rings (SSSR count). The third kappa shape index (κ3) is 4.14. The van der Waals surface area contributed by atoms with E-state index in [0.717, 1.165) is 25.7 Å². The second-order valence-electron chi connectivity index (χ2n) is 6.57. The number of hydrogen-bond acceptors (Lipinski definition) is 5. The van der Waals surface area contributed by atoms with Gasteiger partial charge in [-0.3, -0.25) is 0 Å². The van der Waals surface area contributed by atoms with Crippen LogP contribution in [-0.2, 0) is 10.0 Å². The van der Waals surface area contributed by atoms with Gasteiger partial charge in [0.1, 0.15) is 0 Å². The fourth-order valence-corrected chi connectivity index (χ4v) is 4.62. The van der Waals surface area contributed by atoms with E-state index in [1.165, 1.54) is 18.9 Å². The van der Waals surface area contributed by atoms with E-state index in [1.54, 1.807) is 13.0 Å². The Bertz CT molecular complexity index is 686. The van der Waals surface area contributed by atoms with E-state index in [9.17, 15) is 8.42 Å². The van der Waals surface area contributed by atoms with E-state index in [-0.39, 0.29) is 30.6 Å². The Labute approximate surface area is 149 Å².